The van der Waals surface area contributed by atoms with E-state index in [1.54, 1.807) is 24.7 Å². The summed E-state index contributed by atoms with van der Waals surface area (Å²) in [6.45, 7) is 0.634. The molecule has 0 aliphatic rings. The van der Waals surface area contributed by atoms with Crippen molar-refractivity contribution in [3.8, 4) is 0 Å². The monoisotopic (exact) mass is 250 g/mol. The van der Waals surface area contributed by atoms with Crippen molar-refractivity contribution in [2.24, 2.45) is 10.9 Å². The van der Waals surface area contributed by atoms with Crippen LogP contribution in [0, 0.1) is 0 Å². The zero-order valence-corrected chi connectivity index (χ0v) is 9.67. The molecule has 0 saturated carbocycles. The molecule has 0 unspecified atom stereocenters. The number of oxime groups is 1. The minimum atomic E-state index is 0.0427. The number of imidazole rings is 1. The summed E-state index contributed by atoms with van der Waals surface area (Å²) in [5, 5.41) is 12.1. The highest BCUT2D eigenvalue weighted by atomic mass is 35.5. The summed E-state index contributed by atoms with van der Waals surface area (Å²) in [4.78, 5) is 3.95. The van der Waals surface area contributed by atoms with Crippen molar-refractivity contribution in [3.05, 3.63) is 53.1 Å². The van der Waals surface area contributed by atoms with Crippen molar-refractivity contribution in [3.63, 3.8) is 0 Å². The Morgan fingerprint density at radius 2 is 2.35 bits per heavy atom. The second-order valence-corrected chi connectivity index (χ2v) is 3.93. The van der Waals surface area contributed by atoms with Crippen LogP contribution in [0.5, 0.6) is 0 Å². The third-order valence-corrected chi connectivity index (χ3v) is 2.72. The predicted octanol–water partition coefficient (Wildman–Crippen LogP) is 1.68. The van der Waals surface area contributed by atoms with Crippen molar-refractivity contribution < 1.29 is 5.21 Å². The first-order valence-corrected chi connectivity index (χ1v) is 5.30. The van der Waals surface area contributed by atoms with Gasteiger partial charge in [0.2, 0.25) is 0 Å². The van der Waals surface area contributed by atoms with Crippen LogP contribution in [0.3, 0.4) is 0 Å². The van der Waals surface area contributed by atoms with Crippen molar-refractivity contribution in [2.45, 2.75) is 6.54 Å². The van der Waals surface area contributed by atoms with Crippen LogP contribution >= 0.6 is 11.6 Å². The highest BCUT2D eigenvalue weighted by Crippen LogP contribution is 2.19. The standard InChI is InChI=1S/C11H11ClN4O/c12-10-5-8(11(13)15-17)1-2-9(10)6-16-4-3-14-7-16/h1-5,7,17H,6H2,(H2,13,15). The Bertz CT molecular complexity index is 536. The van der Waals surface area contributed by atoms with E-state index in [2.05, 4.69) is 10.1 Å². The molecule has 1 heterocycles. The molecule has 3 N–H and O–H groups in total. The maximum absolute atomic E-state index is 8.56. The third-order valence-electron chi connectivity index (χ3n) is 2.37. The Labute approximate surface area is 103 Å². The van der Waals surface area contributed by atoms with Gasteiger partial charge >= 0.3 is 0 Å². The Kier molecular flexibility index (Phi) is 3.30. The van der Waals surface area contributed by atoms with E-state index in [4.69, 9.17) is 22.5 Å². The molecule has 88 valence electrons. The summed E-state index contributed by atoms with van der Waals surface area (Å²) in [5.74, 6) is 0.0427. The van der Waals surface area contributed by atoms with Gasteiger partial charge in [-0.25, -0.2) is 4.98 Å². The molecule has 0 radical (unpaired) electrons. The summed E-state index contributed by atoms with van der Waals surface area (Å²) >= 11 is 6.12. The lowest BCUT2D eigenvalue weighted by Crippen LogP contribution is -2.13. The zero-order chi connectivity index (χ0) is 12.3. The van der Waals surface area contributed by atoms with Gasteiger partial charge < -0.3 is 15.5 Å². The first kappa shape index (κ1) is 11.5. The average Bonchev–Trinajstić information content (AvgIpc) is 2.83. The molecule has 1 aromatic heterocycles. The molecule has 0 aliphatic carbocycles. The maximum Gasteiger partial charge on any atom is 0.170 e. The van der Waals surface area contributed by atoms with Crippen molar-refractivity contribution >= 4 is 17.4 Å². The van der Waals surface area contributed by atoms with Crippen LogP contribution in [-0.2, 0) is 6.54 Å². The van der Waals surface area contributed by atoms with Gasteiger partial charge in [-0.1, -0.05) is 28.9 Å². The lowest BCUT2D eigenvalue weighted by Gasteiger charge is -2.07. The van der Waals surface area contributed by atoms with Gasteiger partial charge in [-0.05, 0) is 11.6 Å². The fourth-order valence-electron chi connectivity index (χ4n) is 1.47. The Balaban J connectivity index is 2.26. The van der Waals surface area contributed by atoms with Crippen molar-refractivity contribution in [1.82, 2.24) is 9.55 Å². The quantitative estimate of drug-likeness (QED) is 0.377. The van der Waals surface area contributed by atoms with Gasteiger partial charge in [-0.3, -0.25) is 0 Å². The van der Waals surface area contributed by atoms with Gasteiger partial charge in [0.05, 0.1) is 6.33 Å². The van der Waals surface area contributed by atoms with E-state index < -0.39 is 0 Å². The number of benzene rings is 1. The second kappa shape index (κ2) is 4.88. The normalized spacial score (nSPS) is 11.7. The minimum absolute atomic E-state index is 0.0427. The molecule has 0 spiro atoms. The van der Waals surface area contributed by atoms with Crippen LogP contribution in [0.25, 0.3) is 0 Å². The topological polar surface area (TPSA) is 76.4 Å². The summed E-state index contributed by atoms with van der Waals surface area (Å²) in [6.07, 6.45) is 5.28. The highest BCUT2D eigenvalue weighted by Gasteiger charge is 2.05. The maximum atomic E-state index is 8.56. The van der Waals surface area contributed by atoms with Crippen LogP contribution in [0.4, 0.5) is 0 Å². The highest BCUT2D eigenvalue weighted by molar-refractivity contribution is 6.31. The third kappa shape index (κ3) is 2.57. The molecule has 2 aromatic rings. The predicted molar refractivity (Wildman–Crippen MR) is 65.3 cm³/mol. The largest absolute Gasteiger partial charge is 0.409 e. The Morgan fingerprint density at radius 3 is 2.94 bits per heavy atom. The number of rotatable bonds is 3. The molecule has 0 saturated heterocycles. The van der Waals surface area contributed by atoms with E-state index in [0.29, 0.717) is 17.1 Å². The molecule has 17 heavy (non-hydrogen) atoms. The molecule has 1 aromatic carbocycles. The van der Waals surface area contributed by atoms with Crippen LogP contribution in [0.1, 0.15) is 11.1 Å². The molecular formula is C11H11ClN4O. The number of amidine groups is 1. The number of hydrogen-bond donors (Lipinski definition) is 2. The van der Waals surface area contributed by atoms with Crippen LogP contribution < -0.4 is 5.73 Å². The van der Waals surface area contributed by atoms with E-state index >= 15 is 0 Å². The summed E-state index contributed by atoms with van der Waals surface area (Å²) in [6, 6.07) is 5.27. The SMILES string of the molecule is N/C(=N/O)c1ccc(Cn2ccnc2)c(Cl)c1. The van der Waals surface area contributed by atoms with Crippen molar-refractivity contribution in [2.75, 3.05) is 0 Å². The van der Waals surface area contributed by atoms with E-state index in [1.807, 2.05) is 16.8 Å². The lowest BCUT2D eigenvalue weighted by molar-refractivity contribution is 0.318. The minimum Gasteiger partial charge on any atom is -0.409 e. The number of hydrogen-bond acceptors (Lipinski definition) is 3. The molecule has 0 bridgehead atoms. The smallest absolute Gasteiger partial charge is 0.170 e. The molecule has 6 heteroatoms. The molecular weight excluding hydrogens is 240 g/mol. The van der Waals surface area contributed by atoms with Gasteiger partial charge in [-0.2, -0.15) is 0 Å². The summed E-state index contributed by atoms with van der Waals surface area (Å²) in [7, 11) is 0. The number of halogens is 1. The van der Waals surface area contributed by atoms with Gasteiger partial charge in [0, 0.05) is 29.5 Å². The fourth-order valence-corrected chi connectivity index (χ4v) is 1.71. The Hall–Kier alpha value is -2.01. The molecule has 0 atom stereocenters. The number of nitrogens with two attached hydrogens (primary N) is 1. The molecule has 0 amide bonds. The first-order valence-electron chi connectivity index (χ1n) is 4.93. The summed E-state index contributed by atoms with van der Waals surface area (Å²) < 4.78 is 1.91. The molecule has 0 fully saturated rings. The second-order valence-electron chi connectivity index (χ2n) is 3.53. The van der Waals surface area contributed by atoms with Gasteiger partial charge in [0.15, 0.2) is 5.84 Å². The fraction of sp³-hybridized carbons (Fsp3) is 0.0909. The van der Waals surface area contributed by atoms with E-state index in [0.717, 1.165) is 5.56 Å². The van der Waals surface area contributed by atoms with E-state index in [9.17, 15) is 0 Å². The molecule has 5 nitrogen and oxygen atoms in total. The van der Waals surface area contributed by atoms with E-state index in [-0.39, 0.29) is 5.84 Å². The average molecular weight is 251 g/mol. The molecule has 2 rings (SSSR count). The number of aromatic nitrogens is 2. The van der Waals surface area contributed by atoms with Gasteiger partial charge in [0.25, 0.3) is 0 Å². The van der Waals surface area contributed by atoms with Gasteiger partial charge in [-0.15, -0.1) is 0 Å². The molecule has 0 aliphatic heterocycles. The van der Waals surface area contributed by atoms with Crippen LogP contribution in [0.15, 0.2) is 42.1 Å². The summed E-state index contributed by atoms with van der Waals surface area (Å²) in [5.41, 5.74) is 7.01. The first-order chi connectivity index (χ1) is 8.20. The number of nitrogens with zero attached hydrogens (tertiary/aromatic N) is 3. The van der Waals surface area contributed by atoms with Gasteiger partial charge in [0.1, 0.15) is 0 Å². The van der Waals surface area contributed by atoms with Crippen LogP contribution in [-0.4, -0.2) is 20.6 Å². The van der Waals surface area contributed by atoms with Crippen molar-refractivity contribution in [1.29, 1.82) is 0 Å². The lowest BCUT2D eigenvalue weighted by atomic mass is 10.1. The Morgan fingerprint density at radius 1 is 1.53 bits per heavy atom. The van der Waals surface area contributed by atoms with E-state index in [1.165, 1.54) is 0 Å². The zero-order valence-electron chi connectivity index (χ0n) is 8.92. The van der Waals surface area contributed by atoms with Crippen LogP contribution in [0.2, 0.25) is 5.02 Å².